The highest BCUT2D eigenvalue weighted by atomic mass is 16.4. The number of amides is 1. The van der Waals surface area contributed by atoms with Crippen LogP contribution in [0.25, 0.3) is 11.0 Å². The van der Waals surface area contributed by atoms with Gasteiger partial charge in [0.25, 0.3) is 0 Å². The largest absolute Gasteiger partial charge is 0.478 e. The molecule has 3 N–H and O–H groups in total. The number of aromatic nitrogens is 2. The standard InChI is InChI=1S/C22H25N3O3/c1-3-14(2)20(21-23-17-10-6-7-11-18(17)24-21)25-19(26)13-12-15-8-4-5-9-16(15)22(27)28/h4-11,14,20H,3,12-13H2,1-2H3,(H,23,24)(H,25,26)(H,27,28). The molecule has 0 spiro atoms. The molecule has 0 saturated carbocycles. The number of nitrogens with zero attached hydrogens (tertiary/aromatic N) is 1. The normalized spacial score (nSPS) is 13.2. The van der Waals surface area contributed by atoms with Crippen LogP contribution in [0.2, 0.25) is 0 Å². The molecule has 1 aromatic heterocycles. The summed E-state index contributed by atoms with van der Waals surface area (Å²) in [6, 6.07) is 14.3. The summed E-state index contributed by atoms with van der Waals surface area (Å²) in [6.07, 6.45) is 1.49. The van der Waals surface area contributed by atoms with Crippen molar-refractivity contribution in [1.82, 2.24) is 15.3 Å². The van der Waals surface area contributed by atoms with E-state index < -0.39 is 5.97 Å². The molecule has 1 heterocycles. The van der Waals surface area contributed by atoms with Crippen molar-refractivity contribution < 1.29 is 14.7 Å². The number of para-hydroxylation sites is 2. The topological polar surface area (TPSA) is 95.1 Å². The third-order valence-electron chi connectivity index (χ3n) is 5.10. The fraction of sp³-hybridized carbons (Fsp3) is 0.318. The number of hydrogen-bond acceptors (Lipinski definition) is 3. The Morgan fingerprint density at radius 3 is 2.57 bits per heavy atom. The van der Waals surface area contributed by atoms with Gasteiger partial charge < -0.3 is 15.4 Å². The van der Waals surface area contributed by atoms with E-state index in [4.69, 9.17) is 0 Å². The Balaban J connectivity index is 1.73. The number of nitrogens with one attached hydrogen (secondary N) is 2. The third kappa shape index (κ3) is 4.39. The van der Waals surface area contributed by atoms with Crippen LogP contribution in [0.15, 0.2) is 48.5 Å². The van der Waals surface area contributed by atoms with E-state index in [0.717, 1.165) is 23.3 Å². The number of imidazole rings is 1. The molecule has 2 unspecified atom stereocenters. The summed E-state index contributed by atoms with van der Waals surface area (Å²) in [7, 11) is 0. The van der Waals surface area contributed by atoms with Crippen LogP contribution in [0.3, 0.4) is 0 Å². The Hall–Kier alpha value is -3.15. The third-order valence-corrected chi connectivity index (χ3v) is 5.10. The molecular weight excluding hydrogens is 354 g/mol. The number of benzene rings is 2. The molecule has 2 atom stereocenters. The monoisotopic (exact) mass is 379 g/mol. The molecule has 0 fully saturated rings. The van der Waals surface area contributed by atoms with Crippen molar-refractivity contribution in [2.45, 2.75) is 39.2 Å². The van der Waals surface area contributed by atoms with Crippen molar-refractivity contribution >= 4 is 22.9 Å². The van der Waals surface area contributed by atoms with Gasteiger partial charge >= 0.3 is 5.97 Å². The smallest absolute Gasteiger partial charge is 0.335 e. The van der Waals surface area contributed by atoms with Crippen molar-refractivity contribution in [3.63, 3.8) is 0 Å². The van der Waals surface area contributed by atoms with Gasteiger partial charge in [0.1, 0.15) is 5.82 Å². The molecule has 0 bridgehead atoms. The van der Waals surface area contributed by atoms with E-state index in [2.05, 4.69) is 29.1 Å². The molecular formula is C22H25N3O3. The predicted octanol–water partition coefficient (Wildman–Crippen LogP) is 4.10. The molecule has 0 aliphatic rings. The van der Waals surface area contributed by atoms with Crippen molar-refractivity contribution in [3.8, 4) is 0 Å². The number of aromatic amines is 1. The maximum atomic E-state index is 12.6. The quantitative estimate of drug-likeness (QED) is 0.549. The van der Waals surface area contributed by atoms with Gasteiger partial charge in [-0.2, -0.15) is 0 Å². The Morgan fingerprint density at radius 1 is 1.14 bits per heavy atom. The molecule has 6 nitrogen and oxygen atoms in total. The van der Waals surface area contributed by atoms with Crippen molar-refractivity contribution in [3.05, 3.63) is 65.5 Å². The zero-order valence-corrected chi connectivity index (χ0v) is 16.1. The van der Waals surface area contributed by atoms with E-state index in [1.165, 1.54) is 0 Å². The molecule has 3 aromatic rings. The van der Waals surface area contributed by atoms with Crippen LogP contribution < -0.4 is 5.32 Å². The zero-order chi connectivity index (χ0) is 20.1. The summed E-state index contributed by atoms with van der Waals surface area (Å²) in [5, 5.41) is 12.4. The summed E-state index contributed by atoms with van der Waals surface area (Å²) in [6.45, 7) is 4.16. The van der Waals surface area contributed by atoms with E-state index in [0.29, 0.717) is 12.0 Å². The lowest BCUT2D eigenvalue weighted by atomic mass is 9.97. The lowest BCUT2D eigenvalue weighted by Crippen LogP contribution is -2.33. The Morgan fingerprint density at radius 2 is 1.86 bits per heavy atom. The second kappa shape index (κ2) is 8.69. The number of rotatable bonds is 8. The average molecular weight is 379 g/mol. The molecule has 146 valence electrons. The highest BCUT2D eigenvalue weighted by molar-refractivity contribution is 5.89. The van der Waals surface area contributed by atoms with Gasteiger partial charge in [-0.25, -0.2) is 9.78 Å². The summed E-state index contributed by atoms with van der Waals surface area (Å²) in [5.74, 6) is -0.146. The molecule has 0 saturated heterocycles. The number of carbonyl (C=O) groups is 2. The lowest BCUT2D eigenvalue weighted by Gasteiger charge is -2.22. The number of aryl methyl sites for hydroxylation is 1. The van der Waals surface area contributed by atoms with E-state index >= 15 is 0 Å². The Labute approximate surface area is 164 Å². The van der Waals surface area contributed by atoms with Crippen molar-refractivity contribution in [2.75, 3.05) is 0 Å². The maximum Gasteiger partial charge on any atom is 0.335 e. The molecule has 2 aromatic carbocycles. The van der Waals surface area contributed by atoms with Crippen LogP contribution in [0, 0.1) is 5.92 Å². The fourth-order valence-electron chi connectivity index (χ4n) is 3.28. The highest BCUT2D eigenvalue weighted by Gasteiger charge is 2.23. The van der Waals surface area contributed by atoms with Gasteiger partial charge in [-0.05, 0) is 36.1 Å². The Kier molecular flexibility index (Phi) is 6.09. The Bertz CT molecular complexity index is 947. The van der Waals surface area contributed by atoms with Crippen molar-refractivity contribution in [1.29, 1.82) is 0 Å². The number of carboxylic acid groups (broad SMARTS) is 1. The number of H-pyrrole nitrogens is 1. The van der Waals surface area contributed by atoms with E-state index in [-0.39, 0.29) is 29.9 Å². The second-order valence-electron chi connectivity index (χ2n) is 7.03. The van der Waals surface area contributed by atoms with Crippen molar-refractivity contribution in [2.24, 2.45) is 5.92 Å². The molecule has 28 heavy (non-hydrogen) atoms. The molecule has 0 aliphatic heterocycles. The van der Waals surface area contributed by atoms with E-state index in [1.54, 1.807) is 24.3 Å². The van der Waals surface area contributed by atoms with Gasteiger partial charge in [0.15, 0.2) is 0 Å². The number of hydrogen-bond donors (Lipinski definition) is 3. The number of aromatic carboxylic acids is 1. The SMILES string of the molecule is CCC(C)C(NC(=O)CCc1ccccc1C(=O)O)c1nc2ccccc2[nH]1. The molecule has 3 rings (SSSR count). The zero-order valence-electron chi connectivity index (χ0n) is 16.1. The number of carbonyl (C=O) groups excluding carboxylic acids is 1. The van der Waals surface area contributed by atoms with Crippen LogP contribution in [0.5, 0.6) is 0 Å². The number of fused-ring (bicyclic) bond motifs is 1. The summed E-state index contributed by atoms with van der Waals surface area (Å²) >= 11 is 0. The number of carboxylic acids is 1. The van der Waals surface area contributed by atoms with Gasteiger partial charge in [0.2, 0.25) is 5.91 Å². The minimum atomic E-state index is -0.976. The summed E-state index contributed by atoms with van der Waals surface area (Å²) < 4.78 is 0. The first kappa shape index (κ1) is 19.6. The second-order valence-corrected chi connectivity index (χ2v) is 7.03. The fourth-order valence-corrected chi connectivity index (χ4v) is 3.28. The molecule has 1 amide bonds. The first-order chi connectivity index (χ1) is 13.5. The average Bonchev–Trinajstić information content (AvgIpc) is 3.13. The maximum absolute atomic E-state index is 12.6. The highest BCUT2D eigenvalue weighted by Crippen LogP contribution is 2.25. The van der Waals surface area contributed by atoms with Gasteiger partial charge in [0.05, 0.1) is 22.6 Å². The molecule has 0 radical (unpaired) electrons. The minimum Gasteiger partial charge on any atom is -0.478 e. The van der Waals surface area contributed by atoms with Crippen LogP contribution in [0.4, 0.5) is 0 Å². The van der Waals surface area contributed by atoms with Gasteiger partial charge in [0, 0.05) is 6.42 Å². The minimum absolute atomic E-state index is 0.119. The molecule has 0 aliphatic carbocycles. The predicted molar refractivity (Wildman–Crippen MR) is 108 cm³/mol. The van der Waals surface area contributed by atoms with Gasteiger partial charge in [-0.3, -0.25) is 4.79 Å². The molecule has 6 heteroatoms. The van der Waals surface area contributed by atoms with Crippen LogP contribution in [-0.2, 0) is 11.2 Å². The summed E-state index contributed by atoms with van der Waals surface area (Å²) in [4.78, 5) is 31.9. The van der Waals surface area contributed by atoms with Gasteiger partial charge in [-0.15, -0.1) is 0 Å². The van der Waals surface area contributed by atoms with Crippen LogP contribution >= 0.6 is 0 Å². The lowest BCUT2D eigenvalue weighted by molar-refractivity contribution is -0.122. The van der Waals surface area contributed by atoms with Crippen LogP contribution in [0.1, 0.15) is 54.5 Å². The van der Waals surface area contributed by atoms with Crippen LogP contribution in [-0.4, -0.2) is 27.0 Å². The first-order valence-electron chi connectivity index (χ1n) is 9.54. The summed E-state index contributed by atoms with van der Waals surface area (Å²) in [5.41, 5.74) is 2.71. The van der Waals surface area contributed by atoms with E-state index in [1.807, 2.05) is 24.3 Å². The van der Waals surface area contributed by atoms with E-state index in [9.17, 15) is 14.7 Å². The first-order valence-corrected chi connectivity index (χ1v) is 9.54. The van der Waals surface area contributed by atoms with Gasteiger partial charge in [-0.1, -0.05) is 50.6 Å².